The van der Waals surface area contributed by atoms with Gasteiger partial charge in [0, 0.05) is 30.8 Å². The van der Waals surface area contributed by atoms with E-state index in [0.29, 0.717) is 0 Å². The number of sulfonamides is 1. The van der Waals surface area contributed by atoms with E-state index in [1.807, 2.05) is 0 Å². The summed E-state index contributed by atoms with van der Waals surface area (Å²) >= 11 is 0. The van der Waals surface area contributed by atoms with E-state index in [9.17, 15) is 27.7 Å². The highest BCUT2D eigenvalue weighted by molar-refractivity contribution is 7.89. The molecular weight excluding hydrogens is 353 g/mol. The molecule has 0 heterocycles. The Morgan fingerprint density at radius 1 is 1.16 bits per heavy atom. The number of nitrogens with zero attached hydrogens (tertiary/aromatic N) is 1. The number of nitro groups is 1. The van der Waals surface area contributed by atoms with Crippen molar-refractivity contribution in [3.05, 3.63) is 64.5 Å². The first-order valence-electron chi connectivity index (χ1n) is 7.07. The van der Waals surface area contributed by atoms with Crippen molar-refractivity contribution in [3.8, 4) is 0 Å². The predicted octanol–water partition coefficient (Wildman–Crippen LogP) is 2.04. The van der Waals surface area contributed by atoms with Gasteiger partial charge in [-0.3, -0.25) is 14.9 Å². The van der Waals surface area contributed by atoms with Crippen LogP contribution in [-0.2, 0) is 14.8 Å². The van der Waals surface area contributed by atoms with Gasteiger partial charge in [-0.1, -0.05) is 6.07 Å². The van der Waals surface area contributed by atoms with E-state index in [-0.39, 0.29) is 29.2 Å². The van der Waals surface area contributed by atoms with Crippen molar-refractivity contribution in [2.24, 2.45) is 0 Å². The van der Waals surface area contributed by atoms with Crippen LogP contribution in [0.15, 0.2) is 53.4 Å². The van der Waals surface area contributed by atoms with Crippen molar-refractivity contribution in [1.82, 2.24) is 4.72 Å². The fourth-order valence-electron chi connectivity index (χ4n) is 1.92. The standard InChI is InChI=1S/C15H14FN3O5S/c16-11-4-6-14(7-5-11)25(23,24)17-9-8-15(20)18-12-2-1-3-13(10-12)19(21)22/h1-7,10,17H,8-9H2,(H,18,20). The number of benzene rings is 2. The average molecular weight is 367 g/mol. The summed E-state index contributed by atoms with van der Waals surface area (Å²) in [6, 6.07) is 9.64. The summed E-state index contributed by atoms with van der Waals surface area (Å²) in [5.74, 6) is -1.07. The number of amides is 1. The maximum absolute atomic E-state index is 12.8. The van der Waals surface area contributed by atoms with E-state index in [4.69, 9.17) is 0 Å². The third kappa shape index (κ3) is 5.33. The van der Waals surface area contributed by atoms with Crippen LogP contribution in [0, 0.1) is 15.9 Å². The van der Waals surface area contributed by atoms with Gasteiger partial charge in [0.1, 0.15) is 5.82 Å². The smallest absolute Gasteiger partial charge is 0.271 e. The summed E-state index contributed by atoms with van der Waals surface area (Å²) in [5, 5.41) is 13.1. The summed E-state index contributed by atoms with van der Waals surface area (Å²) in [6.45, 7) is -0.180. The van der Waals surface area contributed by atoms with Gasteiger partial charge in [-0.25, -0.2) is 17.5 Å². The lowest BCUT2D eigenvalue weighted by atomic mass is 10.2. The van der Waals surface area contributed by atoms with Crippen LogP contribution >= 0.6 is 0 Å². The van der Waals surface area contributed by atoms with Gasteiger partial charge in [0.05, 0.1) is 9.82 Å². The summed E-state index contributed by atoms with van der Waals surface area (Å²) in [6.07, 6.45) is -0.177. The van der Waals surface area contributed by atoms with Gasteiger partial charge < -0.3 is 5.32 Å². The van der Waals surface area contributed by atoms with Crippen LogP contribution in [0.25, 0.3) is 0 Å². The summed E-state index contributed by atoms with van der Waals surface area (Å²) in [7, 11) is -3.85. The molecule has 0 saturated heterocycles. The number of hydrogen-bond acceptors (Lipinski definition) is 5. The van der Waals surface area contributed by atoms with E-state index in [1.54, 1.807) is 0 Å². The molecule has 0 aliphatic heterocycles. The monoisotopic (exact) mass is 367 g/mol. The third-order valence-electron chi connectivity index (χ3n) is 3.11. The molecule has 0 saturated carbocycles. The van der Waals surface area contributed by atoms with Crippen molar-refractivity contribution in [3.63, 3.8) is 0 Å². The Bertz CT molecular complexity index is 884. The third-order valence-corrected chi connectivity index (χ3v) is 4.59. The van der Waals surface area contributed by atoms with Crippen LogP contribution in [0.4, 0.5) is 15.8 Å². The molecule has 0 aromatic heterocycles. The first kappa shape index (κ1) is 18.5. The molecule has 0 aliphatic rings. The van der Waals surface area contributed by atoms with Gasteiger partial charge >= 0.3 is 0 Å². The van der Waals surface area contributed by atoms with E-state index in [2.05, 4.69) is 10.0 Å². The highest BCUT2D eigenvalue weighted by Crippen LogP contribution is 2.17. The second-order valence-corrected chi connectivity index (χ2v) is 6.72. The minimum atomic E-state index is -3.85. The summed E-state index contributed by atoms with van der Waals surface area (Å²) in [4.78, 5) is 21.8. The van der Waals surface area contributed by atoms with Crippen LogP contribution in [0.2, 0.25) is 0 Å². The molecule has 1 amide bonds. The molecule has 8 nitrogen and oxygen atoms in total. The van der Waals surface area contributed by atoms with Gasteiger partial charge in [-0.05, 0) is 30.3 Å². The van der Waals surface area contributed by atoms with Crippen LogP contribution in [0.3, 0.4) is 0 Å². The van der Waals surface area contributed by atoms with E-state index < -0.39 is 26.7 Å². The molecule has 25 heavy (non-hydrogen) atoms. The van der Waals surface area contributed by atoms with Gasteiger partial charge in [-0.2, -0.15) is 0 Å². The van der Waals surface area contributed by atoms with Crippen molar-refractivity contribution in [2.45, 2.75) is 11.3 Å². The second-order valence-electron chi connectivity index (χ2n) is 4.96. The minimum absolute atomic E-state index is 0.118. The van der Waals surface area contributed by atoms with Crippen molar-refractivity contribution < 1.29 is 22.5 Å². The molecule has 0 fully saturated rings. The molecule has 10 heteroatoms. The zero-order valence-electron chi connectivity index (χ0n) is 12.8. The fourth-order valence-corrected chi connectivity index (χ4v) is 2.95. The van der Waals surface area contributed by atoms with Gasteiger partial charge in [0.15, 0.2) is 0 Å². The van der Waals surface area contributed by atoms with Crippen LogP contribution < -0.4 is 10.0 Å². The molecule has 0 radical (unpaired) electrons. The van der Waals surface area contributed by atoms with E-state index in [0.717, 1.165) is 24.3 Å². The SMILES string of the molecule is O=C(CCNS(=O)(=O)c1ccc(F)cc1)Nc1cccc([N+](=O)[O-])c1. The van der Waals surface area contributed by atoms with E-state index >= 15 is 0 Å². The molecule has 2 N–H and O–H groups in total. The summed E-state index contributed by atoms with van der Waals surface area (Å²) < 4.78 is 39.0. The van der Waals surface area contributed by atoms with Gasteiger partial charge in [-0.15, -0.1) is 0 Å². The number of nitro benzene ring substituents is 1. The number of non-ortho nitro benzene ring substituents is 1. The first-order chi connectivity index (χ1) is 11.8. The number of halogens is 1. The number of carbonyl (C=O) groups is 1. The first-order valence-corrected chi connectivity index (χ1v) is 8.56. The molecule has 0 spiro atoms. The molecule has 2 aromatic rings. The van der Waals surface area contributed by atoms with E-state index in [1.165, 1.54) is 24.3 Å². The number of rotatable bonds is 7. The Kier molecular flexibility index (Phi) is 5.78. The maximum atomic E-state index is 12.8. The molecule has 0 unspecified atom stereocenters. The molecule has 2 aromatic carbocycles. The van der Waals surface area contributed by atoms with Crippen LogP contribution in [-0.4, -0.2) is 25.8 Å². The minimum Gasteiger partial charge on any atom is -0.326 e. The Balaban J connectivity index is 1.89. The zero-order valence-corrected chi connectivity index (χ0v) is 13.6. The topological polar surface area (TPSA) is 118 Å². The predicted molar refractivity (Wildman–Crippen MR) is 87.9 cm³/mol. The lowest BCUT2D eigenvalue weighted by Gasteiger charge is -2.07. The molecule has 0 aliphatic carbocycles. The molecule has 0 bridgehead atoms. The highest BCUT2D eigenvalue weighted by Gasteiger charge is 2.14. The lowest BCUT2D eigenvalue weighted by molar-refractivity contribution is -0.384. The highest BCUT2D eigenvalue weighted by atomic mass is 32.2. The molecule has 132 valence electrons. The Morgan fingerprint density at radius 2 is 1.84 bits per heavy atom. The Labute approximate surface area is 142 Å². The number of nitrogens with one attached hydrogen (secondary N) is 2. The number of hydrogen-bond donors (Lipinski definition) is 2. The summed E-state index contributed by atoms with van der Waals surface area (Å²) in [5.41, 5.74) is 0.0652. The van der Waals surface area contributed by atoms with Crippen LogP contribution in [0.1, 0.15) is 6.42 Å². The molecular formula is C15H14FN3O5S. The zero-order chi connectivity index (χ0) is 18.4. The quantitative estimate of drug-likeness (QED) is 0.573. The van der Waals surface area contributed by atoms with Gasteiger partial charge in [0.25, 0.3) is 5.69 Å². The average Bonchev–Trinajstić information content (AvgIpc) is 2.55. The number of carbonyl (C=O) groups excluding carboxylic acids is 1. The Morgan fingerprint density at radius 3 is 2.48 bits per heavy atom. The van der Waals surface area contributed by atoms with Crippen molar-refractivity contribution >= 4 is 27.3 Å². The fraction of sp³-hybridized carbons (Fsp3) is 0.133. The molecule has 2 rings (SSSR count). The van der Waals surface area contributed by atoms with Crippen molar-refractivity contribution in [1.29, 1.82) is 0 Å². The Hall–Kier alpha value is -2.85. The molecule has 0 atom stereocenters. The normalized spacial score (nSPS) is 11.1. The lowest BCUT2D eigenvalue weighted by Crippen LogP contribution is -2.27. The van der Waals surface area contributed by atoms with Gasteiger partial charge in [0.2, 0.25) is 15.9 Å². The number of anilines is 1. The van der Waals surface area contributed by atoms with Crippen LogP contribution in [0.5, 0.6) is 0 Å². The largest absolute Gasteiger partial charge is 0.326 e. The second kappa shape index (κ2) is 7.81. The maximum Gasteiger partial charge on any atom is 0.271 e. The van der Waals surface area contributed by atoms with Crippen molar-refractivity contribution in [2.75, 3.05) is 11.9 Å².